The van der Waals surface area contributed by atoms with Crippen LogP contribution in [0.3, 0.4) is 0 Å². The summed E-state index contributed by atoms with van der Waals surface area (Å²) in [6.45, 7) is 0. The molecule has 37 heavy (non-hydrogen) atoms. The highest BCUT2D eigenvalue weighted by molar-refractivity contribution is 6.12. The Labute approximate surface area is 214 Å². The fraction of sp³-hybridized carbons (Fsp3) is 0. The lowest BCUT2D eigenvalue weighted by atomic mass is 9.99. The number of hydrogen-bond acceptors (Lipinski definition) is 3. The molecule has 2 aromatic heterocycles. The van der Waals surface area contributed by atoms with E-state index in [-0.39, 0.29) is 0 Å². The maximum absolute atomic E-state index is 6.35. The number of rotatable bonds is 4. The summed E-state index contributed by atoms with van der Waals surface area (Å²) < 4.78 is 6.35. The number of furan rings is 1. The molecule has 0 radical (unpaired) electrons. The van der Waals surface area contributed by atoms with Crippen LogP contribution in [-0.4, -0.2) is 9.97 Å². The monoisotopic (exact) mass is 474 g/mol. The molecule has 2 heterocycles. The highest BCUT2D eigenvalue weighted by atomic mass is 16.3. The van der Waals surface area contributed by atoms with E-state index >= 15 is 0 Å². The quantitative estimate of drug-likeness (QED) is 0.255. The fourth-order valence-corrected chi connectivity index (χ4v) is 4.91. The van der Waals surface area contributed by atoms with Crippen LogP contribution in [-0.2, 0) is 0 Å². The number of benzene rings is 5. The summed E-state index contributed by atoms with van der Waals surface area (Å²) in [4.78, 5) is 9.95. The van der Waals surface area contributed by atoms with Gasteiger partial charge in [-0.3, -0.25) is 0 Å². The first-order valence-electron chi connectivity index (χ1n) is 12.3. The Kier molecular flexibility index (Phi) is 5.11. The molecule has 0 unspecified atom stereocenters. The minimum atomic E-state index is 0.672. The predicted molar refractivity (Wildman–Crippen MR) is 151 cm³/mol. The van der Waals surface area contributed by atoms with Crippen molar-refractivity contribution in [1.29, 1.82) is 0 Å². The van der Waals surface area contributed by atoms with E-state index in [1.165, 1.54) is 11.1 Å². The third kappa shape index (κ3) is 3.87. The number of aromatic nitrogens is 2. The largest absolute Gasteiger partial charge is 0.456 e. The standard InChI is InChI=1S/C34H22N2O/c1-4-11-23(12-5-1)27-17-10-18-31-33(27)28-20-19-26(21-32(28)37-31)34-35-29(24-13-6-2-7-14-24)22-30(36-34)25-15-8-3-9-16-25/h1-22H. The molecule has 0 spiro atoms. The molecule has 0 aliphatic carbocycles. The topological polar surface area (TPSA) is 38.9 Å². The second-order valence-electron chi connectivity index (χ2n) is 9.05. The molecular weight excluding hydrogens is 452 g/mol. The van der Waals surface area contributed by atoms with Crippen LogP contribution in [0.4, 0.5) is 0 Å². The second kappa shape index (κ2) is 8.89. The molecule has 174 valence electrons. The molecule has 0 saturated heterocycles. The Morgan fingerprint density at radius 2 is 1.03 bits per heavy atom. The Hall–Kier alpha value is -5.02. The molecule has 5 aromatic carbocycles. The van der Waals surface area contributed by atoms with Gasteiger partial charge in [-0.1, -0.05) is 109 Å². The van der Waals surface area contributed by atoms with Crippen molar-refractivity contribution in [3.05, 3.63) is 133 Å². The average Bonchev–Trinajstić information content (AvgIpc) is 3.36. The first-order valence-corrected chi connectivity index (χ1v) is 12.3. The lowest BCUT2D eigenvalue weighted by Crippen LogP contribution is -1.95. The summed E-state index contributed by atoms with van der Waals surface area (Å²) in [6, 6.07) is 45.5. The molecular formula is C34H22N2O. The van der Waals surface area contributed by atoms with Crippen LogP contribution in [0.25, 0.3) is 67.0 Å². The molecule has 7 aromatic rings. The van der Waals surface area contributed by atoms with Gasteiger partial charge in [0.05, 0.1) is 11.4 Å². The summed E-state index contributed by atoms with van der Waals surface area (Å²) in [6.07, 6.45) is 0. The van der Waals surface area contributed by atoms with E-state index in [0.29, 0.717) is 5.82 Å². The molecule has 3 heteroatoms. The van der Waals surface area contributed by atoms with Gasteiger partial charge in [0.1, 0.15) is 11.2 Å². The van der Waals surface area contributed by atoms with E-state index in [1.54, 1.807) is 0 Å². The van der Waals surface area contributed by atoms with E-state index in [9.17, 15) is 0 Å². The van der Waals surface area contributed by atoms with Crippen LogP contribution in [0.5, 0.6) is 0 Å². The van der Waals surface area contributed by atoms with Crippen molar-refractivity contribution in [2.45, 2.75) is 0 Å². The van der Waals surface area contributed by atoms with Crippen LogP contribution in [0.15, 0.2) is 138 Å². The smallest absolute Gasteiger partial charge is 0.160 e. The van der Waals surface area contributed by atoms with Crippen molar-refractivity contribution in [2.24, 2.45) is 0 Å². The minimum Gasteiger partial charge on any atom is -0.456 e. The van der Waals surface area contributed by atoms with Crippen molar-refractivity contribution in [3.63, 3.8) is 0 Å². The molecule has 0 fully saturated rings. The molecule has 0 bridgehead atoms. The van der Waals surface area contributed by atoms with Gasteiger partial charge in [0.15, 0.2) is 5.82 Å². The molecule has 0 N–H and O–H groups in total. The van der Waals surface area contributed by atoms with Gasteiger partial charge in [0.2, 0.25) is 0 Å². The SMILES string of the molecule is c1ccc(-c2cc(-c3ccccc3)nc(-c3ccc4c(c3)oc3cccc(-c5ccccc5)c34)n2)cc1. The molecule has 0 aliphatic rings. The zero-order valence-electron chi connectivity index (χ0n) is 20.0. The normalized spacial score (nSPS) is 11.2. The number of fused-ring (bicyclic) bond motifs is 3. The molecule has 0 atom stereocenters. The molecule has 0 aliphatic heterocycles. The van der Waals surface area contributed by atoms with Gasteiger partial charge in [-0.15, -0.1) is 0 Å². The summed E-state index contributed by atoms with van der Waals surface area (Å²) in [5.74, 6) is 0.672. The van der Waals surface area contributed by atoms with Gasteiger partial charge in [-0.25, -0.2) is 9.97 Å². The summed E-state index contributed by atoms with van der Waals surface area (Å²) in [7, 11) is 0. The molecule has 3 nitrogen and oxygen atoms in total. The van der Waals surface area contributed by atoms with Gasteiger partial charge in [0.25, 0.3) is 0 Å². The zero-order valence-corrected chi connectivity index (χ0v) is 20.0. The highest BCUT2D eigenvalue weighted by Gasteiger charge is 2.15. The second-order valence-corrected chi connectivity index (χ2v) is 9.05. The Bertz CT molecular complexity index is 1800. The Morgan fingerprint density at radius 3 is 1.65 bits per heavy atom. The maximum atomic E-state index is 6.35. The lowest BCUT2D eigenvalue weighted by molar-refractivity contribution is 0.669. The number of hydrogen-bond donors (Lipinski definition) is 0. The average molecular weight is 475 g/mol. The van der Waals surface area contributed by atoms with Crippen molar-refractivity contribution in [1.82, 2.24) is 9.97 Å². The van der Waals surface area contributed by atoms with Gasteiger partial charge in [0, 0.05) is 27.5 Å². The van der Waals surface area contributed by atoms with Crippen LogP contribution >= 0.6 is 0 Å². The predicted octanol–water partition coefficient (Wildman–Crippen LogP) is 9.04. The van der Waals surface area contributed by atoms with Crippen molar-refractivity contribution in [2.75, 3.05) is 0 Å². The molecule has 7 rings (SSSR count). The van der Waals surface area contributed by atoms with E-state index in [2.05, 4.69) is 78.9 Å². The molecule has 0 saturated carbocycles. The first kappa shape index (κ1) is 21.3. The summed E-state index contributed by atoms with van der Waals surface area (Å²) in [5.41, 5.74) is 8.85. The summed E-state index contributed by atoms with van der Waals surface area (Å²) >= 11 is 0. The van der Waals surface area contributed by atoms with Crippen LogP contribution in [0.2, 0.25) is 0 Å². The van der Waals surface area contributed by atoms with Gasteiger partial charge in [-0.2, -0.15) is 0 Å². The third-order valence-corrected chi connectivity index (χ3v) is 6.71. The molecule has 0 amide bonds. The maximum Gasteiger partial charge on any atom is 0.160 e. The van der Waals surface area contributed by atoms with Gasteiger partial charge in [-0.05, 0) is 35.4 Å². The van der Waals surface area contributed by atoms with Crippen molar-refractivity contribution in [3.8, 4) is 45.0 Å². The summed E-state index contributed by atoms with van der Waals surface area (Å²) in [5, 5.41) is 2.21. The van der Waals surface area contributed by atoms with E-state index in [4.69, 9.17) is 14.4 Å². The van der Waals surface area contributed by atoms with E-state index in [1.807, 2.05) is 54.6 Å². The number of nitrogens with zero attached hydrogens (tertiary/aromatic N) is 2. The van der Waals surface area contributed by atoms with Crippen molar-refractivity contribution >= 4 is 21.9 Å². The highest BCUT2D eigenvalue weighted by Crippen LogP contribution is 2.38. The Morgan fingerprint density at radius 1 is 0.432 bits per heavy atom. The van der Waals surface area contributed by atoms with Gasteiger partial charge >= 0.3 is 0 Å². The minimum absolute atomic E-state index is 0.672. The van der Waals surface area contributed by atoms with Crippen molar-refractivity contribution < 1.29 is 4.42 Å². The van der Waals surface area contributed by atoms with Crippen LogP contribution in [0, 0.1) is 0 Å². The van der Waals surface area contributed by atoms with E-state index in [0.717, 1.165) is 50.0 Å². The first-order chi connectivity index (χ1) is 18.3. The fourth-order valence-electron chi connectivity index (χ4n) is 4.91. The third-order valence-electron chi connectivity index (χ3n) is 6.71. The lowest BCUT2D eigenvalue weighted by Gasteiger charge is -2.09. The zero-order chi connectivity index (χ0) is 24.6. The van der Waals surface area contributed by atoms with Crippen LogP contribution in [0.1, 0.15) is 0 Å². The van der Waals surface area contributed by atoms with Gasteiger partial charge < -0.3 is 4.42 Å². The Balaban J connectivity index is 1.41. The van der Waals surface area contributed by atoms with Crippen LogP contribution < -0.4 is 0 Å². The van der Waals surface area contributed by atoms with E-state index < -0.39 is 0 Å².